The zero-order chi connectivity index (χ0) is 21.9. The number of imidazole rings is 1. The first-order valence-corrected chi connectivity index (χ1v) is 11.4. The molecule has 0 saturated carbocycles. The summed E-state index contributed by atoms with van der Waals surface area (Å²) in [6.07, 6.45) is 3.77. The van der Waals surface area contributed by atoms with Crippen molar-refractivity contribution in [2.75, 3.05) is 32.8 Å². The molecule has 1 saturated heterocycles. The van der Waals surface area contributed by atoms with Gasteiger partial charge in [0.05, 0.1) is 18.9 Å². The maximum absolute atomic E-state index is 5.49. The fraction of sp³-hybridized carbons (Fsp3) is 0.400. The van der Waals surface area contributed by atoms with Crippen LogP contribution in [0.5, 0.6) is 0 Å². The zero-order valence-electron chi connectivity index (χ0n) is 18.9. The van der Waals surface area contributed by atoms with E-state index < -0.39 is 0 Å². The van der Waals surface area contributed by atoms with Gasteiger partial charge in [-0.05, 0) is 31.5 Å². The van der Waals surface area contributed by atoms with Crippen LogP contribution in [0.1, 0.15) is 22.9 Å². The minimum absolute atomic E-state index is 0.767. The molecule has 4 aromatic rings. The average Bonchev–Trinajstić information content (AvgIpc) is 3.41. The highest BCUT2D eigenvalue weighted by Gasteiger charge is 2.15. The lowest BCUT2D eigenvalue weighted by Gasteiger charge is -2.26. The molecule has 0 bridgehead atoms. The predicted molar refractivity (Wildman–Crippen MR) is 125 cm³/mol. The molecule has 7 nitrogen and oxygen atoms in total. The van der Waals surface area contributed by atoms with Crippen molar-refractivity contribution in [1.82, 2.24) is 29.0 Å². The average molecular weight is 431 g/mol. The molecule has 32 heavy (non-hydrogen) atoms. The Bertz CT molecular complexity index is 1190. The van der Waals surface area contributed by atoms with Gasteiger partial charge in [-0.2, -0.15) is 5.10 Å². The number of aryl methyl sites for hydroxylation is 4. The summed E-state index contributed by atoms with van der Waals surface area (Å²) < 4.78 is 9.73. The number of ether oxygens (including phenoxy) is 1. The van der Waals surface area contributed by atoms with Gasteiger partial charge in [-0.1, -0.05) is 30.3 Å². The Hall–Kier alpha value is -3.03. The number of hydrogen-bond donors (Lipinski definition) is 0. The van der Waals surface area contributed by atoms with Gasteiger partial charge in [0.2, 0.25) is 0 Å². The highest BCUT2D eigenvalue weighted by atomic mass is 16.5. The molecule has 1 aromatic carbocycles. The van der Waals surface area contributed by atoms with Crippen molar-refractivity contribution in [3.63, 3.8) is 0 Å². The summed E-state index contributed by atoms with van der Waals surface area (Å²) in [5.74, 6) is 1.95. The van der Waals surface area contributed by atoms with Gasteiger partial charge in [-0.25, -0.2) is 14.5 Å². The Morgan fingerprint density at radius 3 is 2.56 bits per heavy atom. The molecular formula is C25H30N6O. The minimum Gasteiger partial charge on any atom is -0.379 e. The lowest BCUT2D eigenvalue weighted by Crippen LogP contribution is -2.38. The van der Waals surface area contributed by atoms with E-state index in [2.05, 4.69) is 65.9 Å². The summed E-state index contributed by atoms with van der Waals surface area (Å²) in [5, 5.41) is 4.73. The molecule has 1 aliphatic rings. The smallest absolute Gasteiger partial charge is 0.156 e. The van der Waals surface area contributed by atoms with Gasteiger partial charge in [-0.3, -0.25) is 4.90 Å². The number of hydrogen-bond acceptors (Lipinski definition) is 5. The number of rotatable bonds is 7. The fourth-order valence-electron chi connectivity index (χ4n) is 4.36. The van der Waals surface area contributed by atoms with E-state index >= 15 is 0 Å². The predicted octanol–water partition coefficient (Wildman–Crippen LogP) is 3.33. The fourth-order valence-corrected chi connectivity index (χ4v) is 4.36. The van der Waals surface area contributed by atoms with E-state index in [-0.39, 0.29) is 0 Å². The van der Waals surface area contributed by atoms with E-state index in [1.807, 2.05) is 10.6 Å². The van der Waals surface area contributed by atoms with Crippen LogP contribution in [-0.2, 0) is 24.1 Å². The normalized spacial score (nSPS) is 14.9. The molecule has 4 heterocycles. The second kappa shape index (κ2) is 9.22. The SMILES string of the molecule is Cc1cc(C)n2nc(CCc3nc(-c4ccccc4)cn3CCN3CCOCC3)nc2c1. The summed E-state index contributed by atoms with van der Waals surface area (Å²) in [6, 6.07) is 14.6. The second-order valence-corrected chi connectivity index (χ2v) is 8.53. The maximum Gasteiger partial charge on any atom is 0.156 e. The number of fused-ring (bicyclic) bond motifs is 1. The van der Waals surface area contributed by atoms with Gasteiger partial charge < -0.3 is 9.30 Å². The van der Waals surface area contributed by atoms with Crippen molar-refractivity contribution in [3.8, 4) is 11.3 Å². The minimum atomic E-state index is 0.767. The molecule has 0 aliphatic carbocycles. The van der Waals surface area contributed by atoms with Crippen LogP contribution >= 0.6 is 0 Å². The maximum atomic E-state index is 5.49. The molecular weight excluding hydrogens is 400 g/mol. The van der Waals surface area contributed by atoms with Crippen LogP contribution in [0.15, 0.2) is 48.7 Å². The lowest BCUT2D eigenvalue weighted by atomic mass is 10.2. The first-order valence-electron chi connectivity index (χ1n) is 11.4. The number of aromatic nitrogens is 5. The van der Waals surface area contributed by atoms with E-state index in [4.69, 9.17) is 19.8 Å². The number of benzene rings is 1. The number of morpholine rings is 1. The molecule has 1 fully saturated rings. The van der Waals surface area contributed by atoms with E-state index in [0.29, 0.717) is 0 Å². The summed E-state index contributed by atoms with van der Waals surface area (Å²) in [4.78, 5) is 12.2. The summed E-state index contributed by atoms with van der Waals surface area (Å²) in [6.45, 7) is 9.74. The van der Waals surface area contributed by atoms with Gasteiger partial charge in [0.25, 0.3) is 0 Å². The Balaban J connectivity index is 1.36. The third-order valence-electron chi connectivity index (χ3n) is 6.07. The molecule has 0 spiro atoms. The van der Waals surface area contributed by atoms with E-state index in [1.165, 1.54) is 5.56 Å². The van der Waals surface area contributed by atoms with Crippen LogP contribution in [0.3, 0.4) is 0 Å². The topological polar surface area (TPSA) is 60.5 Å². The van der Waals surface area contributed by atoms with E-state index in [1.54, 1.807) is 0 Å². The van der Waals surface area contributed by atoms with E-state index in [0.717, 1.165) is 86.5 Å². The number of nitrogens with zero attached hydrogens (tertiary/aromatic N) is 6. The van der Waals surface area contributed by atoms with Gasteiger partial charge in [0.15, 0.2) is 11.5 Å². The third-order valence-corrected chi connectivity index (χ3v) is 6.07. The summed E-state index contributed by atoms with van der Waals surface area (Å²) in [5.41, 5.74) is 5.41. The second-order valence-electron chi connectivity index (χ2n) is 8.53. The van der Waals surface area contributed by atoms with Crippen LogP contribution in [-0.4, -0.2) is 61.9 Å². The van der Waals surface area contributed by atoms with Gasteiger partial charge in [0, 0.05) is 56.5 Å². The largest absolute Gasteiger partial charge is 0.379 e. The van der Waals surface area contributed by atoms with Crippen LogP contribution in [0.2, 0.25) is 0 Å². The van der Waals surface area contributed by atoms with Crippen molar-refractivity contribution < 1.29 is 4.74 Å². The Morgan fingerprint density at radius 1 is 0.938 bits per heavy atom. The third kappa shape index (κ3) is 4.59. The molecule has 1 aliphatic heterocycles. The molecule has 0 radical (unpaired) electrons. The van der Waals surface area contributed by atoms with Crippen molar-refractivity contribution in [1.29, 1.82) is 0 Å². The van der Waals surface area contributed by atoms with Gasteiger partial charge in [0.1, 0.15) is 5.82 Å². The molecule has 7 heteroatoms. The standard InChI is InChI=1S/C25H30N6O/c1-19-16-20(2)31-25(17-19)27-23(28-31)8-9-24-26-22(21-6-4-3-5-7-21)18-30(24)11-10-29-12-14-32-15-13-29/h3-7,16-18H,8-15H2,1-2H3. The highest BCUT2D eigenvalue weighted by Crippen LogP contribution is 2.20. The van der Waals surface area contributed by atoms with Crippen molar-refractivity contribution in [3.05, 3.63) is 71.6 Å². The van der Waals surface area contributed by atoms with Crippen LogP contribution in [0, 0.1) is 13.8 Å². The monoisotopic (exact) mass is 430 g/mol. The Kier molecular flexibility index (Phi) is 6.01. The lowest BCUT2D eigenvalue weighted by molar-refractivity contribution is 0.0363. The van der Waals surface area contributed by atoms with Crippen molar-refractivity contribution in [2.24, 2.45) is 0 Å². The molecule has 166 valence electrons. The van der Waals surface area contributed by atoms with Crippen molar-refractivity contribution in [2.45, 2.75) is 33.2 Å². The van der Waals surface area contributed by atoms with Crippen LogP contribution in [0.25, 0.3) is 16.9 Å². The van der Waals surface area contributed by atoms with Gasteiger partial charge in [-0.15, -0.1) is 0 Å². The zero-order valence-corrected chi connectivity index (χ0v) is 18.9. The Labute approximate surface area is 188 Å². The van der Waals surface area contributed by atoms with Crippen LogP contribution in [0.4, 0.5) is 0 Å². The highest BCUT2D eigenvalue weighted by molar-refractivity contribution is 5.58. The van der Waals surface area contributed by atoms with Crippen molar-refractivity contribution >= 4 is 5.65 Å². The first-order chi connectivity index (χ1) is 15.7. The first kappa shape index (κ1) is 20.8. The molecule has 0 amide bonds. The quantitative estimate of drug-likeness (QED) is 0.450. The Morgan fingerprint density at radius 2 is 1.75 bits per heavy atom. The molecule has 3 aromatic heterocycles. The molecule has 5 rings (SSSR count). The van der Waals surface area contributed by atoms with E-state index in [9.17, 15) is 0 Å². The molecule has 0 N–H and O–H groups in total. The molecule has 0 atom stereocenters. The summed E-state index contributed by atoms with van der Waals surface area (Å²) >= 11 is 0. The van der Waals surface area contributed by atoms with Gasteiger partial charge >= 0.3 is 0 Å². The molecule has 0 unspecified atom stereocenters. The summed E-state index contributed by atoms with van der Waals surface area (Å²) in [7, 11) is 0. The van der Waals surface area contributed by atoms with Crippen LogP contribution < -0.4 is 0 Å². The number of pyridine rings is 1.